The fourth-order valence-electron chi connectivity index (χ4n) is 3.05. The molecule has 0 bridgehead atoms. The second-order valence-electron chi connectivity index (χ2n) is 5.75. The van der Waals surface area contributed by atoms with E-state index in [-0.39, 0.29) is 11.8 Å². The van der Waals surface area contributed by atoms with Gasteiger partial charge < -0.3 is 16.0 Å². The van der Waals surface area contributed by atoms with Crippen molar-refractivity contribution in [2.75, 3.05) is 11.5 Å². The van der Waals surface area contributed by atoms with Crippen molar-refractivity contribution < 1.29 is 4.39 Å². The Hall–Kier alpha value is -3.15. The molecule has 0 unspecified atom stereocenters. The molecule has 0 aliphatic heterocycles. The molecule has 4 N–H and O–H groups in total. The average molecular weight is 321 g/mol. The van der Waals surface area contributed by atoms with Crippen molar-refractivity contribution in [2.45, 2.75) is 13.0 Å². The fraction of sp³-hybridized carbons (Fsp3) is 0.111. The van der Waals surface area contributed by atoms with Gasteiger partial charge in [0.25, 0.3) is 0 Å². The second kappa shape index (κ2) is 5.49. The summed E-state index contributed by atoms with van der Waals surface area (Å²) in [7, 11) is 0. The van der Waals surface area contributed by atoms with Gasteiger partial charge in [-0.3, -0.25) is 0 Å². The molecule has 2 heterocycles. The molecule has 4 aromatic rings. The second-order valence-corrected chi connectivity index (χ2v) is 5.75. The average Bonchev–Trinajstić information content (AvgIpc) is 2.97. The molecule has 0 spiro atoms. The maximum absolute atomic E-state index is 13.0. The lowest BCUT2D eigenvalue weighted by molar-refractivity contribution is 0.626. The first-order valence-electron chi connectivity index (χ1n) is 7.67. The van der Waals surface area contributed by atoms with E-state index in [9.17, 15) is 4.39 Å². The summed E-state index contributed by atoms with van der Waals surface area (Å²) in [5, 5.41) is 1.83. The highest BCUT2D eigenvalue weighted by Gasteiger charge is 2.10. The number of aryl methyl sites for hydroxylation is 2. The summed E-state index contributed by atoms with van der Waals surface area (Å²) in [5.41, 5.74) is 14.6. The number of rotatable bonds is 3. The van der Waals surface area contributed by atoms with E-state index >= 15 is 0 Å². The van der Waals surface area contributed by atoms with Crippen LogP contribution in [0.15, 0.2) is 48.7 Å². The summed E-state index contributed by atoms with van der Waals surface area (Å²) in [4.78, 5) is 8.30. The zero-order valence-electron chi connectivity index (χ0n) is 12.9. The van der Waals surface area contributed by atoms with Crippen LogP contribution in [0, 0.1) is 5.82 Å². The number of hydrogen-bond acceptors (Lipinski definition) is 4. The molecule has 120 valence electrons. The molecule has 0 saturated carbocycles. The van der Waals surface area contributed by atoms with Crippen LogP contribution in [0.3, 0.4) is 0 Å². The van der Waals surface area contributed by atoms with E-state index in [4.69, 9.17) is 11.5 Å². The summed E-state index contributed by atoms with van der Waals surface area (Å²) < 4.78 is 15.1. The van der Waals surface area contributed by atoms with Crippen molar-refractivity contribution in [3.63, 3.8) is 0 Å². The van der Waals surface area contributed by atoms with Crippen LogP contribution in [-0.2, 0) is 13.0 Å². The van der Waals surface area contributed by atoms with Gasteiger partial charge in [0.2, 0.25) is 5.95 Å². The molecular weight excluding hydrogens is 305 g/mol. The van der Waals surface area contributed by atoms with Crippen molar-refractivity contribution in [1.82, 2.24) is 14.5 Å². The lowest BCUT2D eigenvalue weighted by atomic mass is 10.1. The molecule has 0 aliphatic rings. The molecule has 2 aromatic heterocycles. The summed E-state index contributed by atoms with van der Waals surface area (Å²) in [5.74, 6) is 0.348. The minimum atomic E-state index is -0.216. The highest BCUT2D eigenvalue weighted by Crippen LogP contribution is 2.29. The molecule has 4 rings (SSSR count). The standard InChI is InChI=1S/C18H16FN5/c19-12-3-1-11(2-4-12)7-9-24-10-8-13-15(24)6-5-14-16(13)17(20)23-18(21)22-14/h1-6,8,10H,7,9H2,(H4,20,21,22,23). The Kier molecular flexibility index (Phi) is 3.30. The van der Waals surface area contributed by atoms with E-state index in [1.54, 1.807) is 0 Å². The van der Waals surface area contributed by atoms with Crippen LogP contribution in [0.4, 0.5) is 16.2 Å². The number of nitrogens with zero attached hydrogens (tertiary/aromatic N) is 3. The first-order valence-corrected chi connectivity index (χ1v) is 7.67. The molecule has 0 radical (unpaired) electrons. The van der Waals surface area contributed by atoms with Gasteiger partial charge in [-0.05, 0) is 42.3 Å². The Morgan fingerprint density at radius 1 is 0.958 bits per heavy atom. The molecule has 0 aliphatic carbocycles. The lowest BCUT2D eigenvalue weighted by Crippen LogP contribution is -2.02. The Labute approximate surface area is 137 Å². The number of fused-ring (bicyclic) bond motifs is 3. The largest absolute Gasteiger partial charge is 0.383 e. The zero-order valence-corrected chi connectivity index (χ0v) is 12.9. The van der Waals surface area contributed by atoms with Crippen molar-refractivity contribution in [3.8, 4) is 0 Å². The minimum Gasteiger partial charge on any atom is -0.383 e. The summed E-state index contributed by atoms with van der Waals surface area (Å²) in [6, 6.07) is 12.5. The monoisotopic (exact) mass is 321 g/mol. The van der Waals surface area contributed by atoms with Crippen LogP contribution in [0.1, 0.15) is 5.56 Å². The third kappa shape index (κ3) is 2.42. The van der Waals surface area contributed by atoms with E-state index in [1.807, 2.05) is 36.5 Å². The van der Waals surface area contributed by atoms with Gasteiger partial charge in [-0.15, -0.1) is 0 Å². The highest BCUT2D eigenvalue weighted by atomic mass is 19.1. The molecule has 0 atom stereocenters. The number of nitrogens with two attached hydrogens (primary N) is 2. The summed E-state index contributed by atoms with van der Waals surface area (Å²) >= 11 is 0. The molecule has 24 heavy (non-hydrogen) atoms. The fourth-order valence-corrected chi connectivity index (χ4v) is 3.05. The van der Waals surface area contributed by atoms with E-state index < -0.39 is 0 Å². The normalized spacial score (nSPS) is 11.4. The van der Waals surface area contributed by atoms with E-state index in [1.165, 1.54) is 12.1 Å². The third-order valence-corrected chi connectivity index (χ3v) is 4.21. The number of benzene rings is 2. The maximum Gasteiger partial charge on any atom is 0.222 e. The predicted molar refractivity (Wildman–Crippen MR) is 94.0 cm³/mol. The maximum atomic E-state index is 13.0. The first-order chi connectivity index (χ1) is 11.6. The molecule has 0 amide bonds. The van der Waals surface area contributed by atoms with Gasteiger partial charge in [0.15, 0.2) is 0 Å². The van der Waals surface area contributed by atoms with Crippen LogP contribution in [-0.4, -0.2) is 14.5 Å². The van der Waals surface area contributed by atoms with Crippen molar-refractivity contribution in [1.29, 1.82) is 0 Å². The molecule has 2 aromatic carbocycles. The van der Waals surface area contributed by atoms with Crippen LogP contribution in [0.5, 0.6) is 0 Å². The van der Waals surface area contributed by atoms with Gasteiger partial charge in [-0.2, -0.15) is 4.98 Å². The van der Waals surface area contributed by atoms with E-state index in [0.29, 0.717) is 5.82 Å². The Morgan fingerprint density at radius 2 is 1.75 bits per heavy atom. The van der Waals surface area contributed by atoms with Crippen molar-refractivity contribution in [2.24, 2.45) is 0 Å². The van der Waals surface area contributed by atoms with Crippen LogP contribution in [0.25, 0.3) is 21.8 Å². The number of nitrogen functional groups attached to an aromatic ring is 2. The van der Waals surface area contributed by atoms with Crippen molar-refractivity contribution in [3.05, 3.63) is 60.0 Å². The van der Waals surface area contributed by atoms with Gasteiger partial charge in [0, 0.05) is 23.6 Å². The predicted octanol–water partition coefficient (Wildman–Crippen LogP) is 3.13. The number of anilines is 2. The third-order valence-electron chi connectivity index (χ3n) is 4.21. The smallest absolute Gasteiger partial charge is 0.222 e. The molecule has 6 heteroatoms. The Bertz CT molecular complexity index is 1040. The highest BCUT2D eigenvalue weighted by molar-refractivity contribution is 6.10. The van der Waals surface area contributed by atoms with E-state index in [2.05, 4.69) is 14.5 Å². The molecule has 0 saturated heterocycles. The van der Waals surface area contributed by atoms with Crippen LogP contribution < -0.4 is 11.5 Å². The van der Waals surface area contributed by atoms with Gasteiger partial charge >= 0.3 is 0 Å². The number of halogens is 1. The number of aromatic nitrogens is 3. The molecule has 5 nitrogen and oxygen atoms in total. The van der Waals surface area contributed by atoms with Crippen LogP contribution in [0.2, 0.25) is 0 Å². The van der Waals surface area contributed by atoms with Gasteiger partial charge in [-0.25, -0.2) is 9.37 Å². The topological polar surface area (TPSA) is 82.7 Å². The van der Waals surface area contributed by atoms with Crippen LogP contribution >= 0.6 is 0 Å². The lowest BCUT2D eigenvalue weighted by Gasteiger charge is -2.08. The van der Waals surface area contributed by atoms with Gasteiger partial charge in [0.05, 0.1) is 10.9 Å². The van der Waals surface area contributed by atoms with Gasteiger partial charge in [-0.1, -0.05) is 12.1 Å². The molecular formula is C18H16FN5. The first kappa shape index (κ1) is 14.4. The molecule has 0 fully saturated rings. The zero-order chi connectivity index (χ0) is 16.7. The van der Waals surface area contributed by atoms with Crippen molar-refractivity contribution >= 4 is 33.6 Å². The number of hydrogen-bond donors (Lipinski definition) is 2. The SMILES string of the molecule is Nc1nc(N)c2c(ccc3c2ccn3CCc2ccc(F)cc2)n1. The minimum absolute atomic E-state index is 0.176. The van der Waals surface area contributed by atoms with Gasteiger partial charge in [0.1, 0.15) is 11.6 Å². The van der Waals surface area contributed by atoms with E-state index in [0.717, 1.165) is 40.3 Å². The Balaban J connectivity index is 1.72. The quantitative estimate of drug-likeness (QED) is 0.607. The summed E-state index contributed by atoms with van der Waals surface area (Å²) in [6.07, 6.45) is 2.83. The summed E-state index contributed by atoms with van der Waals surface area (Å²) in [6.45, 7) is 0.788. The Morgan fingerprint density at radius 3 is 2.54 bits per heavy atom.